The molecular formula is C10H18N4. The van der Waals surface area contributed by atoms with Crippen molar-refractivity contribution in [3.05, 3.63) is 12.2 Å². The molecule has 0 aromatic carbocycles. The maximum absolute atomic E-state index is 4.39. The molecule has 4 heteroatoms. The fourth-order valence-electron chi connectivity index (χ4n) is 2.03. The maximum atomic E-state index is 4.39. The average Bonchev–Trinajstić information content (AvgIpc) is 2.67. The first-order valence-electron chi connectivity index (χ1n) is 5.39. The topological polar surface area (TPSA) is 42.7 Å². The third-order valence-electron chi connectivity index (χ3n) is 2.79. The Morgan fingerprint density at radius 2 is 2.14 bits per heavy atom. The third-order valence-corrected chi connectivity index (χ3v) is 2.79. The summed E-state index contributed by atoms with van der Waals surface area (Å²) in [5.74, 6) is 1.77. The smallest absolute Gasteiger partial charge is 0.138 e. The van der Waals surface area contributed by atoms with E-state index in [0.717, 1.165) is 13.1 Å². The van der Waals surface area contributed by atoms with Crippen LogP contribution in [0.1, 0.15) is 44.5 Å². The summed E-state index contributed by atoms with van der Waals surface area (Å²) in [6.07, 6.45) is 4.05. The number of rotatable bonds is 2. The Morgan fingerprint density at radius 3 is 2.79 bits per heavy atom. The van der Waals surface area contributed by atoms with Gasteiger partial charge in [0.05, 0.1) is 0 Å². The summed E-state index contributed by atoms with van der Waals surface area (Å²) in [5.41, 5.74) is 0. The summed E-state index contributed by atoms with van der Waals surface area (Å²) in [6.45, 7) is 6.52. The Kier molecular flexibility index (Phi) is 2.82. The van der Waals surface area contributed by atoms with E-state index in [4.69, 9.17) is 0 Å². The molecular weight excluding hydrogens is 176 g/mol. The Bertz CT molecular complexity index is 286. The highest BCUT2D eigenvalue weighted by Crippen LogP contribution is 2.24. The number of nitrogens with one attached hydrogen (secondary N) is 1. The molecule has 14 heavy (non-hydrogen) atoms. The second-order valence-electron chi connectivity index (χ2n) is 4.18. The molecule has 2 heterocycles. The molecule has 1 aromatic heterocycles. The fourth-order valence-corrected chi connectivity index (χ4v) is 2.03. The van der Waals surface area contributed by atoms with Gasteiger partial charge in [-0.15, -0.1) is 0 Å². The van der Waals surface area contributed by atoms with Crippen molar-refractivity contribution in [2.24, 2.45) is 0 Å². The minimum atomic E-state index is 0.419. The van der Waals surface area contributed by atoms with E-state index in [-0.39, 0.29) is 0 Å². The molecule has 0 radical (unpaired) electrons. The maximum Gasteiger partial charge on any atom is 0.138 e. The van der Waals surface area contributed by atoms with Crippen molar-refractivity contribution in [2.75, 3.05) is 13.1 Å². The van der Waals surface area contributed by atoms with Gasteiger partial charge in [0.25, 0.3) is 0 Å². The van der Waals surface area contributed by atoms with Gasteiger partial charge in [0.1, 0.15) is 12.2 Å². The van der Waals surface area contributed by atoms with E-state index in [2.05, 4.69) is 33.9 Å². The van der Waals surface area contributed by atoms with E-state index >= 15 is 0 Å². The van der Waals surface area contributed by atoms with Crippen molar-refractivity contribution in [3.63, 3.8) is 0 Å². The zero-order valence-corrected chi connectivity index (χ0v) is 8.90. The summed E-state index contributed by atoms with van der Waals surface area (Å²) in [6, 6.07) is 0.419. The molecule has 1 fully saturated rings. The first kappa shape index (κ1) is 9.65. The van der Waals surface area contributed by atoms with Gasteiger partial charge in [0.2, 0.25) is 0 Å². The second kappa shape index (κ2) is 4.09. The second-order valence-corrected chi connectivity index (χ2v) is 4.18. The highest BCUT2D eigenvalue weighted by atomic mass is 15.3. The number of piperidine rings is 1. The Balaban J connectivity index is 2.17. The van der Waals surface area contributed by atoms with Gasteiger partial charge in [-0.3, -0.25) is 0 Å². The molecule has 4 nitrogen and oxygen atoms in total. The quantitative estimate of drug-likeness (QED) is 0.772. The van der Waals surface area contributed by atoms with E-state index in [1.807, 2.05) is 0 Å². The summed E-state index contributed by atoms with van der Waals surface area (Å²) in [4.78, 5) is 4.39. The number of aromatic nitrogens is 3. The van der Waals surface area contributed by atoms with Gasteiger partial charge in [-0.2, -0.15) is 5.10 Å². The van der Waals surface area contributed by atoms with Crippen LogP contribution in [0.5, 0.6) is 0 Å². The van der Waals surface area contributed by atoms with E-state index in [0.29, 0.717) is 12.0 Å². The van der Waals surface area contributed by atoms with Crippen molar-refractivity contribution in [2.45, 2.75) is 38.6 Å². The van der Waals surface area contributed by atoms with Gasteiger partial charge >= 0.3 is 0 Å². The molecule has 0 bridgehead atoms. The molecule has 78 valence electrons. The molecule has 1 aliphatic heterocycles. The van der Waals surface area contributed by atoms with Crippen LogP contribution in [0.3, 0.4) is 0 Å². The molecule has 0 aliphatic carbocycles. The van der Waals surface area contributed by atoms with Crippen LogP contribution in [0.15, 0.2) is 6.33 Å². The van der Waals surface area contributed by atoms with Crippen LogP contribution in [0.4, 0.5) is 0 Å². The fraction of sp³-hybridized carbons (Fsp3) is 0.800. The number of hydrogen-bond donors (Lipinski definition) is 1. The normalized spacial score (nSPS) is 19.1. The molecule has 0 atom stereocenters. The van der Waals surface area contributed by atoms with Crippen molar-refractivity contribution in [1.82, 2.24) is 20.1 Å². The summed E-state index contributed by atoms with van der Waals surface area (Å²) in [5, 5.41) is 7.64. The van der Waals surface area contributed by atoms with Gasteiger partial charge in [-0.25, -0.2) is 9.67 Å². The Labute approximate surface area is 84.7 Å². The third kappa shape index (κ3) is 1.80. The average molecular weight is 194 g/mol. The lowest BCUT2D eigenvalue weighted by atomic mass is 9.97. The Morgan fingerprint density at radius 1 is 1.43 bits per heavy atom. The van der Waals surface area contributed by atoms with Crippen LogP contribution in [0.2, 0.25) is 0 Å². The molecule has 2 rings (SSSR count). The minimum absolute atomic E-state index is 0.419. The van der Waals surface area contributed by atoms with Crippen molar-refractivity contribution >= 4 is 0 Å². The standard InChI is InChI=1S/C10H18N4/c1-8(2)14-10(12-7-13-14)9-3-5-11-6-4-9/h7-9,11H,3-6H2,1-2H3. The first-order chi connectivity index (χ1) is 6.79. The van der Waals surface area contributed by atoms with E-state index < -0.39 is 0 Å². The van der Waals surface area contributed by atoms with Crippen LogP contribution < -0.4 is 5.32 Å². The highest BCUT2D eigenvalue weighted by Gasteiger charge is 2.21. The molecule has 1 saturated heterocycles. The zero-order valence-electron chi connectivity index (χ0n) is 8.90. The van der Waals surface area contributed by atoms with Gasteiger partial charge in [-0.1, -0.05) is 0 Å². The molecule has 1 aliphatic rings. The van der Waals surface area contributed by atoms with Crippen LogP contribution >= 0.6 is 0 Å². The van der Waals surface area contributed by atoms with E-state index in [1.54, 1.807) is 6.33 Å². The Hall–Kier alpha value is -0.900. The molecule has 1 aromatic rings. The summed E-state index contributed by atoms with van der Waals surface area (Å²) < 4.78 is 2.05. The number of nitrogens with zero attached hydrogens (tertiary/aromatic N) is 3. The minimum Gasteiger partial charge on any atom is -0.317 e. The van der Waals surface area contributed by atoms with Crippen LogP contribution in [0.25, 0.3) is 0 Å². The van der Waals surface area contributed by atoms with Crippen LogP contribution in [0, 0.1) is 0 Å². The predicted molar refractivity (Wildman–Crippen MR) is 55.3 cm³/mol. The molecule has 0 amide bonds. The van der Waals surface area contributed by atoms with E-state index in [9.17, 15) is 0 Å². The predicted octanol–water partition coefficient (Wildman–Crippen LogP) is 1.33. The van der Waals surface area contributed by atoms with Crippen LogP contribution in [-0.4, -0.2) is 27.9 Å². The molecule has 1 N–H and O–H groups in total. The van der Waals surface area contributed by atoms with Gasteiger partial charge in [0.15, 0.2) is 0 Å². The molecule has 0 spiro atoms. The van der Waals surface area contributed by atoms with Crippen molar-refractivity contribution in [3.8, 4) is 0 Å². The largest absolute Gasteiger partial charge is 0.317 e. The molecule has 0 saturated carbocycles. The highest BCUT2D eigenvalue weighted by molar-refractivity contribution is 4.98. The number of hydrogen-bond acceptors (Lipinski definition) is 3. The van der Waals surface area contributed by atoms with Crippen molar-refractivity contribution in [1.29, 1.82) is 0 Å². The van der Waals surface area contributed by atoms with Gasteiger partial charge in [-0.05, 0) is 39.8 Å². The van der Waals surface area contributed by atoms with Gasteiger partial charge < -0.3 is 5.32 Å². The first-order valence-corrected chi connectivity index (χ1v) is 5.39. The van der Waals surface area contributed by atoms with Gasteiger partial charge in [0, 0.05) is 12.0 Å². The lowest BCUT2D eigenvalue weighted by Gasteiger charge is -2.23. The SMILES string of the molecule is CC(C)n1ncnc1C1CCNCC1. The van der Waals surface area contributed by atoms with E-state index in [1.165, 1.54) is 18.7 Å². The van der Waals surface area contributed by atoms with Crippen molar-refractivity contribution < 1.29 is 0 Å². The summed E-state index contributed by atoms with van der Waals surface area (Å²) >= 11 is 0. The molecule has 0 unspecified atom stereocenters. The van der Waals surface area contributed by atoms with Crippen LogP contribution in [-0.2, 0) is 0 Å². The lowest BCUT2D eigenvalue weighted by Crippen LogP contribution is -2.28. The lowest BCUT2D eigenvalue weighted by molar-refractivity contribution is 0.406. The monoisotopic (exact) mass is 194 g/mol. The zero-order chi connectivity index (χ0) is 9.97. The summed E-state index contributed by atoms with van der Waals surface area (Å²) in [7, 11) is 0.